The van der Waals surface area contributed by atoms with E-state index in [4.69, 9.17) is 19.9 Å². The molecule has 0 saturated heterocycles. The van der Waals surface area contributed by atoms with Gasteiger partial charge in [-0.1, -0.05) is 158 Å². The smallest absolute Gasteiger partial charge is 0.164 e. The fraction of sp³-hybridized carbons (Fsp3) is 0.0175. The minimum Gasteiger partial charge on any atom is -0.309 e. The van der Waals surface area contributed by atoms with Crippen molar-refractivity contribution >= 4 is 21.8 Å². The van der Waals surface area contributed by atoms with Crippen LogP contribution in [0.25, 0.3) is 106 Å². The third kappa shape index (κ3) is 6.91. The maximum Gasteiger partial charge on any atom is 0.164 e. The summed E-state index contributed by atoms with van der Waals surface area (Å²) in [6.45, 7) is 2.03. The van der Waals surface area contributed by atoms with E-state index < -0.39 is 0 Å². The van der Waals surface area contributed by atoms with Gasteiger partial charge in [-0.15, -0.1) is 0 Å². The summed E-state index contributed by atoms with van der Waals surface area (Å²) in [4.78, 5) is 20.2. The molecule has 0 amide bonds. The predicted molar refractivity (Wildman–Crippen MR) is 255 cm³/mol. The molecule has 0 radical (unpaired) electrons. The molecule has 0 spiro atoms. The number of aryl methyl sites for hydroxylation is 1. The minimum atomic E-state index is 0.603. The van der Waals surface area contributed by atoms with Gasteiger partial charge >= 0.3 is 0 Å². The lowest BCUT2D eigenvalue weighted by atomic mass is 9.95. The van der Waals surface area contributed by atoms with Crippen molar-refractivity contribution in [2.75, 3.05) is 0 Å². The van der Waals surface area contributed by atoms with Crippen LogP contribution in [0.5, 0.6) is 0 Å². The lowest BCUT2D eigenvalue weighted by Gasteiger charge is -2.15. The molecule has 0 atom stereocenters. The Hall–Kier alpha value is -8.28. The van der Waals surface area contributed by atoms with Gasteiger partial charge in [0.2, 0.25) is 0 Å². The maximum absolute atomic E-state index is 5.14. The Morgan fingerprint density at radius 2 is 0.774 bits per heavy atom. The summed E-state index contributed by atoms with van der Waals surface area (Å²) >= 11 is 0. The normalized spacial score (nSPS) is 11.3. The fourth-order valence-electron chi connectivity index (χ4n) is 8.48. The van der Waals surface area contributed by atoms with Crippen molar-refractivity contribution in [3.63, 3.8) is 0 Å². The van der Waals surface area contributed by atoms with Gasteiger partial charge in [0, 0.05) is 44.4 Å². The Kier molecular flexibility index (Phi) is 9.32. The van der Waals surface area contributed by atoms with Crippen molar-refractivity contribution in [2.45, 2.75) is 6.92 Å². The predicted octanol–water partition coefficient (Wildman–Crippen LogP) is 14.3. The van der Waals surface area contributed by atoms with E-state index in [1.807, 2.05) is 73.7 Å². The number of aromatic nitrogens is 5. The van der Waals surface area contributed by atoms with Crippen LogP contribution in [-0.2, 0) is 0 Å². The molecule has 0 aliphatic heterocycles. The van der Waals surface area contributed by atoms with Gasteiger partial charge in [-0.05, 0) is 101 Å². The van der Waals surface area contributed by atoms with Crippen LogP contribution in [0.2, 0.25) is 0 Å². The van der Waals surface area contributed by atoms with E-state index in [1.165, 1.54) is 33.0 Å². The number of hydrogen-bond acceptors (Lipinski definition) is 4. The Morgan fingerprint density at radius 3 is 1.29 bits per heavy atom. The summed E-state index contributed by atoms with van der Waals surface area (Å²) in [5, 5.41) is 2.42. The highest BCUT2D eigenvalue weighted by Gasteiger charge is 2.19. The van der Waals surface area contributed by atoms with Gasteiger partial charge in [0.15, 0.2) is 17.5 Å². The van der Waals surface area contributed by atoms with E-state index in [9.17, 15) is 0 Å². The van der Waals surface area contributed by atoms with Crippen LogP contribution in [-0.4, -0.2) is 24.5 Å². The van der Waals surface area contributed by atoms with E-state index in [-0.39, 0.29) is 0 Å². The van der Waals surface area contributed by atoms with Crippen LogP contribution in [0.15, 0.2) is 218 Å². The van der Waals surface area contributed by atoms with Gasteiger partial charge in [0.25, 0.3) is 0 Å². The third-order valence-corrected chi connectivity index (χ3v) is 11.6. The topological polar surface area (TPSA) is 56.5 Å². The molecule has 3 aromatic heterocycles. The van der Waals surface area contributed by atoms with Crippen molar-refractivity contribution < 1.29 is 0 Å². The summed E-state index contributed by atoms with van der Waals surface area (Å²) in [5.41, 5.74) is 15.9. The van der Waals surface area contributed by atoms with Crippen molar-refractivity contribution in [3.05, 3.63) is 224 Å². The maximum atomic E-state index is 5.14. The number of nitrogens with zero attached hydrogens (tertiary/aromatic N) is 5. The monoisotopic (exact) mass is 793 g/mol. The SMILES string of the molecule is Cc1cccc(-c2ccc(-c3nc(-c4ccccc4)nc(-c4ccccc4)n3)c(-c3ccc(-n4c5ccc(-c6ccccc6)cc5c5cc(-c6ccccc6)ccc54)cc3)c2)n1. The molecule has 0 unspecified atom stereocenters. The molecular weight excluding hydrogens is 755 g/mol. The average molecular weight is 794 g/mol. The first kappa shape index (κ1) is 36.8. The largest absolute Gasteiger partial charge is 0.309 e. The summed E-state index contributed by atoms with van der Waals surface area (Å²) < 4.78 is 2.39. The van der Waals surface area contributed by atoms with Crippen molar-refractivity contribution in [3.8, 4) is 84.5 Å². The van der Waals surface area contributed by atoms with E-state index in [0.29, 0.717) is 17.5 Å². The molecule has 0 fully saturated rings. The minimum absolute atomic E-state index is 0.603. The molecule has 5 nitrogen and oxygen atoms in total. The standard InChI is InChI=1S/C57H39N5/c1-38-15-14-24-52(58-38)46-27-32-48(57-60-55(42-20-10-4-11-21-42)59-56(61-57)43-22-12-5-13-23-43)49(37-46)41-25-30-47(31-26-41)62-53-33-28-44(39-16-6-2-7-17-39)35-50(53)51-36-45(29-34-54(51)62)40-18-8-3-9-19-40/h2-37H,1H3. The summed E-state index contributed by atoms with van der Waals surface area (Å²) in [7, 11) is 0. The molecular formula is C57H39N5. The second-order valence-electron chi connectivity index (χ2n) is 15.5. The zero-order valence-electron chi connectivity index (χ0n) is 34.0. The van der Waals surface area contributed by atoms with Crippen LogP contribution in [0.4, 0.5) is 0 Å². The van der Waals surface area contributed by atoms with E-state index >= 15 is 0 Å². The van der Waals surface area contributed by atoms with Crippen molar-refractivity contribution in [1.82, 2.24) is 24.5 Å². The Bertz CT molecular complexity index is 3220. The Morgan fingerprint density at radius 1 is 0.306 bits per heavy atom. The van der Waals surface area contributed by atoms with E-state index in [2.05, 4.69) is 156 Å². The molecule has 11 rings (SSSR count). The zero-order valence-corrected chi connectivity index (χ0v) is 34.0. The third-order valence-electron chi connectivity index (χ3n) is 11.6. The first-order valence-electron chi connectivity index (χ1n) is 20.9. The highest BCUT2D eigenvalue weighted by molar-refractivity contribution is 6.11. The van der Waals surface area contributed by atoms with Crippen molar-refractivity contribution in [1.29, 1.82) is 0 Å². The highest BCUT2D eigenvalue weighted by atomic mass is 15.0. The van der Waals surface area contributed by atoms with Gasteiger partial charge in [0.1, 0.15) is 0 Å². The number of pyridine rings is 1. The first-order chi connectivity index (χ1) is 30.6. The molecule has 292 valence electrons. The van der Waals surface area contributed by atoms with Crippen LogP contribution in [0, 0.1) is 6.92 Å². The van der Waals surface area contributed by atoms with E-state index in [1.54, 1.807) is 0 Å². The molecule has 0 saturated carbocycles. The summed E-state index contributed by atoms with van der Waals surface area (Å²) in [5.74, 6) is 1.85. The number of benzene rings is 8. The zero-order chi connectivity index (χ0) is 41.4. The Labute approximate surface area is 360 Å². The van der Waals surface area contributed by atoms with Gasteiger partial charge < -0.3 is 4.57 Å². The van der Waals surface area contributed by atoms with Gasteiger partial charge in [-0.25, -0.2) is 15.0 Å². The lowest BCUT2D eigenvalue weighted by Crippen LogP contribution is -2.01. The molecule has 0 bridgehead atoms. The van der Waals surface area contributed by atoms with Crippen LogP contribution in [0.3, 0.4) is 0 Å². The van der Waals surface area contributed by atoms with Crippen LogP contribution < -0.4 is 0 Å². The molecule has 11 aromatic rings. The number of rotatable bonds is 8. The van der Waals surface area contributed by atoms with Crippen LogP contribution >= 0.6 is 0 Å². The molecule has 0 aliphatic rings. The van der Waals surface area contributed by atoms with Crippen LogP contribution in [0.1, 0.15) is 5.69 Å². The molecule has 62 heavy (non-hydrogen) atoms. The molecule has 8 aromatic carbocycles. The second kappa shape index (κ2) is 15.7. The number of fused-ring (bicyclic) bond motifs is 3. The second-order valence-corrected chi connectivity index (χ2v) is 15.5. The van der Waals surface area contributed by atoms with Crippen molar-refractivity contribution in [2.24, 2.45) is 0 Å². The van der Waals surface area contributed by atoms with Gasteiger partial charge in [0.05, 0.1) is 16.7 Å². The molecule has 3 heterocycles. The van der Waals surface area contributed by atoms with E-state index in [0.717, 1.165) is 61.5 Å². The molecule has 5 heteroatoms. The summed E-state index contributed by atoms with van der Waals surface area (Å²) in [6, 6.07) is 76.6. The fourth-order valence-corrected chi connectivity index (χ4v) is 8.48. The van der Waals surface area contributed by atoms with Gasteiger partial charge in [-0.3, -0.25) is 4.98 Å². The quantitative estimate of drug-likeness (QED) is 0.154. The van der Waals surface area contributed by atoms with Gasteiger partial charge in [-0.2, -0.15) is 0 Å². The highest BCUT2D eigenvalue weighted by Crippen LogP contribution is 2.40. The number of hydrogen-bond donors (Lipinski definition) is 0. The molecule has 0 N–H and O–H groups in total. The summed E-state index contributed by atoms with van der Waals surface area (Å²) in [6.07, 6.45) is 0. The Balaban J connectivity index is 1.08. The average Bonchev–Trinajstić information content (AvgIpc) is 3.68. The lowest BCUT2D eigenvalue weighted by molar-refractivity contribution is 1.07. The first-order valence-corrected chi connectivity index (χ1v) is 20.9. The molecule has 0 aliphatic carbocycles.